The summed E-state index contributed by atoms with van der Waals surface area (Å²) in [6.45, 7) is 0.893. The fourth-order valence-electron chi connectivity index (χ4n) is 3.80. The van der Waals surface area contributed by atoms with E-state index in [0.717, 1.165) is 16.9 Å². The van der Waals surface area contributed by atoms with E-state index in [1.54, 1.807) is 12.1 Å². The van der Waals surface area contributed by atoms with Crippen molar-refractivity contribution in [3.05, 3.63) is 52.8 Å². The maximum absolute atomic E-state index is 13.4. The predicted molar refractivity (Wildman–Crippen MR) is 116 cm³/mol. The summed E-state index contributed by atoms with van der Waals surface area (Å²) in [5, 5.41) is 3.23. The van der Waals surface area contributed by atoms with E-state index in [2.05, 4.69) is 9.97 Å². The molecule has 1 N–H and O–H groups in total. The smallest absolute Gasteiger partial charge is 0.280 e. The lowest BCUT2D eigenvalue weighted by Crippen LogP contribution is -2.45. The summed E-state index contributed by atoms with van der Waals surface area (Å²) in [6, 6.07) is 10.9. The number of aromatic amines is 1. The van der Waals surface area contributed by atoms with E-state index in [4.69, 9.17) is 21.1 Å². The molecule has 8 nitrogen and oxygen atoms in total. The van der Waals surface area contributed by atoms with Gasteiger partial charge in [-0.25, -0.2) is 9.99 Å². The van der Waals surface area contributed by atoms with Crippen molar-refractivity contribution in [2.75, 3.05) is 27.3 Å². The van der Waals surface area contributed by atoms with Crippen molar-refractivity contribution in [3.8, 4) is 11.5 Å². The van der Waals surface area contributed by atoms with Crippen LogP contribution in [0.5, 0.6) is 11.5 Å². The molecule has 0 unspecified atom stereocenters. The first-order valence-corrected chi connectivity index (χ1v) is 10.4. The molecule has 9 heteroatoms. The topological polar surface area (TPSA) is 87.8 Å². The Hall–Kier alpha value is -3.26. The lowest BCUT2D eigenvalue weighted by atomic mass is 10.1. The number of H-pyrrole nitrogens is 1. The third-order valence-corrected chi connectivity index (χ3v) is 5.57. The monoisotopic (exact) mass is 442 g/mol. The molecule has 0 atom stereocenters. The van der Waals surface area contributed by atoms with Gasteiger partial charge in [-0.15, -0.1) is 0 Å². The number of aryl methyl sites for hydroxylation is 1. The maximum atomic E-state index is 13.4. The molecule has 1 aliphatic heterocycles. The van der Waals surface area contributed by atoms with Gasteiger partial charge in [-0.2, -0.15) is 0 Å². The molecule has 0 bridgehead atoms. The number of benzene rings is 2. The molecule has 1 saturated heterocycles. The third-order valence-electron chi connectivity index (χ3n) is 5.28. The van der Waals surface area contributed by atoms with Crippen molar-refractivity contribution >= 4 is 34.4 Å². The van der Waals surface area contributed by atoms with Gasteiger partial charge in [-0.1, -0.05) is 23.7 Å². The first-order chi connectivity index (χ1) is 15.0. The number of fused-ring (bicyclic) bond motifs is 1. The number of hydrazine groups is 1. The molecule has 0 aliphatic carbocycles. The van der Waals surface area contributed by atoms with Gasteiger partial charge in [0.25, 0.3) is 5.91 Å². The van der Waals surface area contributed by atoms with Crippen molar-refractivity contribution < 1.29 is 19.1 Å². The first-order valence-electron chi connectivity index (χ1n) is 9.99. The highest BCUT2D eigenvalue weighted by atomic mass is 35.5. The minimum Gasteiger partial charge on any atom is -0.496 e. The van der Waals surface area contributed by atoms with Crippen LogP contribution in [-0.4, -0.2) is 59.1 Å². The van der Waals surface area contributed by atoms with Crippen molar-refractivity contribution in [2.24, 2.45) is 0 Å². The number of carbonyl (C=O) groups excluding carboxylic acids is 2. The second kappa shape index (κ2) is 8.85. The lowest BCUT2D eigenvalue weighted by molar-refractivity contribution is -0.140. The highest BCUT2D eigenvalue weighted by Crippen LogP contribution is 2.37. The second-order valence-electron chi connectivity index (χ2n) is 7.16. The van der Waals surface area contributed by atoms with Gasteiger partial charge in [0, 0.05) is 25.9 Å². The predicted octanol–water partition coefficient (Wildman–Crippen LogP) is 3.46. The van der Waals surface area contributed by atoms with Crippen LogP contribution in [0.4, 0.5) is 0 Å². The summed E-state index contributed by atoms with van der Waals surface area (Å²) in [4.78, 5) is 34.1. The summed E-state index contributed by atoms with van der Waals surface area (Å²) in [6.07, 6.45) is 1.37. The van der Waals surface area contributed by atoms with Gasteiger partial charge in [-0.3, -0.25) is 14.6 Å². The number of imidazole rings is 1. The quantitative estimate of drug-likeness (QED) is 0.631. The number of aromatic nitrogens is 2. The van der Waals surface area contributed by atoms with E-state index in [9.17, 15) is 9.59 Å². The van der Waals surface area contributed by atoms with Crippen LogP contribution < -0.4 is 9.47 Å². The molecule has 31 heavy (non-hydrogen) atoms. The Bertz CT molecular complexity index is 1100. The summed E-state index contributed by atoms with van der Waals surface area (Å²) < 4.78 is 10.7. The molecule has 1 fully saturated rings. The van der Waals surface area contributed by atoms with Gasteiger partial charge >= 0.3 is 0 Å². The fraction of sp³-hybridized carbons (Fsp3) is 0.318. The van der Waals surface area contributed by atoms with E-state index in [1.807, 2.05) is 24.3 Å². The largest absolute Gasteiger partial charge is 0.496 e. The van der Waals surface area contributed by atoms with E-state index >= 15 is 0 Å². The summed E-state index contributed by atoms with van der Waals surface area (Å²) in [5.74, 6) is 0.780. The molecule has 4 rings (SSSR count). The molecule has 3 aromatic rings. The molecule has 0 spiro atoms. The number of hydrogen-bond acceptors (Lipinski definition) is 5. The number of amides is 2. The van der Waals surface area contributed by atoms with Crippen molar-refractivity contribution in [3.63, 3.8) is 0 Å². The van der Waals surface area contributed by atoms with Crippen LogP contribution in [0.2, 0.25) is 5.02 Å². The molecule has 0 radical (unpaired) electrons. The number of methoxy groups -OCH3 is 2. The fourth-order valence-corrected chi connectivity index (χ4v) is 4.04. The van der Waals surface area contributed by atoms with Gasteiger partial charge in [0.1, 0.15) is 17.1 Å². The van der Waals surface area contributed by atoms with E-state index in [1.165, 1.54) is 24.2 Å². The Morgan fingerprint density at radius 2 is 1.87 bits per heavy atom. The highest BCUT2D eigenvalue weighted by Gasteiger charge is 2.34. The molecule has 2 amide bonds. The van der Waals surface area contributed by atoms with Gasteiger partial charge < -0.3 is 14.5 Å². The first kappa shape index (κ1) is 21.0. The number of carbonyl (C=O) groups is 2. The zero-order valence-electron chi connectivity index (χ0n) is 17.4. The molecule has 1 aliphatic rings. The Balaban J connectivity index is 1.51. The van der Waals surface area contributed by atoms with E-state index in [-0.39, 0.29) is 29.5 Å². The average Bonchev–Trinajstić information content (AvgIpc) is 3.43. The number of halogens is 1. The van der Waals surface area contributed by atoms with Crippen LogP contribution in [0.3, 0.4) is 0 Å². The Labute approximate surface area is 184 Å². The molecule has 1 aromatic heterocycles. The minimum atomic E-state index is -0.384. The summed E-state index contributed by atoms with van der Waals surface area (Å²) >= 11 is 6.22. The number of para-hydroxylation sites is 2. The Morgan fingerprint density at radius 1 is 1.10 bits per heavy atom. The molecule has 162 valence electrons. The summed E-state index contributed by atoms with van der Waals surface area (Å²) in [5.41, 5.74) is 2.00. The van der Waals surface area contributed by atoms with Crippen molar-refractivity contribution in [2.45, 2.75) is 19.3 Å². The van der Waals surface area contributed by atoms with Gasteiger partial charge in [0.15, 0.2) is 5.75 Å². The van der Waals surface area contributed by atoms with E-state index < -0.39 is 0 Å². The van der Waals surface area contributed by atoms with Crippen LogP contribution in [0.15, 0.2) is 36.4 Å². The maximum Gasteiger partial charge on any atom is 0.280 e. The van der Waals surface area contributed by atoms with Crippen LogP contribution >= 0.6 is 11.6 Å². The number of rotatable bonds is 6. The van der Waals surface area contributed by atoms with E-state index in [0.29, 0.717) is 36.7 Å². The van der Waals surface area contributed by atoms with Crippen LogP contribution in [0.1, 0.15) is 29.0 Å². The van der Waals surface area contributed by atoms with Gasteiger partial charge in [0.2, 0.25) is 5.91 Å². The number of nitrogens with zero attached hydrogens (tertiary/aromatic N) is 3. The number of ether oxygens (including phenoxy) is 2. The van der Waals surface area contributed by atoms with Crippen LogP contribution in [0.25, 0.3) is 11.0 Å². The van der Waals surface area contributed by atoms with Crippen molar-refractivity contribution in [1.82, 2.24) is 20.0 Å². The standard InChI is InChI=1S/C22H23ClN4O4/c1-30-17-9-8-14(23)21(31-2)20(17)22(29)27-13-5-12-26(27)19(28)11-10-18-24-15-6-3-4-7-16(15)25-18/h3-4,6-9H,5,10-13H2,1-2H3,(H,24,25). The Kier molecular flexibility index (Phi) is 5.99. The molecular weight excluding hydrogens is 420 g/mol. The normalized spacial score (nSPS) is 13.6. The number of hydrogen-bond donors (Lipinski definition) is 1. The highest BCUT2D eigenvalue weighted by molar-refractivity contribution is 6.32. The average molecular weight is 443 g/mol. The number of nitrogens with one attached hydrogen (secondary N) is 1. The molecule has 2 heterocycles. The zero-order valence-corrected chi connectivity index (χ0v) is 18.1. The zero-order chi connectivity index (χ0) is 22.0. The third kappa shape index (κ3) is 4.03. The van der Waals surface area contributed by atoms with Crippen molar-refractivity contribution in [1.29, 1.82) is 0 Å². The molecule has 2 aromatic carbocycles. The lowest BCUT2D eigenvalue weighted by Gasteiger charge is -2.29. The van der Waals surface area contributed by atoms with Crippen LogP contribution in [-0.2, 0) is 11.2 Å². The van der Waals surface area contributed by atoms with Gasteiger partial charge in [-0.05, 0) is 30.7 Å². The SMILES string of the molecule is COc1ccc(Cl)c(OC)c1C(=O)N1CCCN1C(=O)CCc1nc2ccccc2[nH]1. The minimum absolute atomic E-state index is 0.147. The van der Waals surface area contributed by atoms with Gasteiger partial charge in [0.05, 0.1) is 30.3 Å². The van der Waals surface area contributed by atoms with Crippen LogP contribution in [0, 0.1) is 0 Å². The summed E-state index contributed by atoms with van der Waals surface area (Å²) in [7, 11) is 2.91. The second-order valence-corrected chi connectivity index (χ2v) is 7.56. The Morgan fingerprint density at radius 3 is 2.61 bits per heavy atom. The molecular formula is C22H23ClN4O4. The molecule has 0 saturated carbocycles.